The van der Waals surface area contributed by atoms with Gasteiger partial charge in [-0.3, -0.25) is 4.90 Å². The van der Waals surface area contributed by atoms with Crippen LogP contribution in [0.15, 0.2) is 24.3 Å². The summed E-state index contributed by atoms with van der Waals surface area (Å²) in [6.45, 7) is 18.1. The van der Waals surface area contributed by atoms with Crippen molar-refractivity contribution in [3.8, 4) is 0 Å². The van der Waals surface area contributed by atoms with E-state index in [2.05, 4.69) is 74.0 Å². The summed E-state index contributed by atoms with van der Waals surface area (Å²) in [6.07, 6.45) is 0. The minimum Gasteiger partial charge on any atom is -0.314 e. The van der Waals surface area contributed by atoms with E-state index >= 15 is 0 Å². The maximum atomic E-state index is 3.52. The van der Waals surface area contributed by atoms with Crippen molar-refractivity contribution < 1.29 is 0 Å². The van der Waals surface area contributed by atoms with Crippen LogP contribution in [0.25, 0.3) is 0 Å². The smallest absolute Gasteiger partial charge is 0.0479 e. The van der Waals surface area contributed by atoms with E-state index in [-0.39, 0.29) is 0 Å². The van der Waals surface area contributed by atoms with Gasteiger partial charge in [-0.25, -0.2) is 0 Å². The number of hydrogen-bond acceptors (Lipinski definition) is 3. The van der Waals surface area contributed by atoms with Crippen LogP contribution in [-0.4, -0.2) is 55.1 Å². The van der Waals surface area contributed by atoms with E-state index in [4.69, 9.17) is 0 Å². The molecule has 23 heavy (non-hydrogen) atoms. The van der Waals surface area contributed by atoms with Gasteiger partial charge in [0.2, 0.25) is 0 Å². The van der Waals surface area contributed by atoms with Crippen molar-refractivity contribution in [1.82, 2.24) is 15.1 Å². The predicted octanol–water partition coefficient (Wildman–Crippen LogP) is 3.49. The van der Waals surface area contributed by atoms with Crippen LogP contribution in [0.5, 0.6) is 0 Å². The standard InChI is InChI=1S/C20H35N3/c1-6-22(7-2)15-20(23-13-12-21-14-17(23)5)19-10-8-18(9-11-19)16(3)4/h8-11,16-17,20-21H,6-7,12-15H2,1-5H3. The third-order valence-corrected chi connectivity index (χ3v) is 5.27. The highest BCUT2D eigenvalue weighted by molar-refractivity contribution is 5.27. The zero-order valence-electron chi connectivity index (χ0n) is 15.7. The summed E-state index contributed by atoms with van der Waals surface area (Å²) in [6, 6.07) is 10.4. The van der Waals surface area contributed by atoms with Gasteiger partial charge in [0.05, 0.1) is 0 Å². The fourth-order valence-corrected chi connectivity index (χ4v) is 3.55. The molecule has 2 unspecified atom stereocenters. The van der Waals surface area contributed by atoms with Crippen molar-refractivity contribution in [3.63, 3.8) is 0 Å². The monoisotopic (exact) mass is 317 g/mol. The van der Waals surface area contributed by atoms with Crippen molar-refractivity contribution >= 4 is 0 Å². The average molecular weight is 318 g/mol. The predicted molar refractivity (Wildman–Crippen MR) is 100 cm³/mol. The Hall–Kier alpha value is -0.900. The molecule has 1 aliphatic heterocycles. The largest absolute Gasteiger partial charge is 0.314 e. The van der Waals surface area contributed by atoms with Crippen LogP contribution in [0, 0.1) is 0 Å². The summed E-state index contributed by atoms with van der Waals surface area (Å²) in [5.41, 5.74) is 2.90. The van der Waals surface area contributed by atoms with Crippen LogP contribution in [0.2, 0.25) is 0 Å². The molecule has 2 atom stereocenters. The first-order valence-corrected chi connectivity index (χ1v) is 9.35. The third kappa shape index (κ3) is 4.79. The first-order chi connectivity index (χ1) is 11.1. The summed E-state index contributed by atoms with van der Waals surface area (Å²) in [5.74, 6) is 0.600. The Labute approximate surface area is 143 Å². The molecule has 3 nitrogen and oxygen atoms in total. The second kappa shape index (κ2) is 8.81. The summed E-state index contributed by atoms with van der Waals surface area (Å²) < 4.78 is 0. The third-order valence-electron chi connectivity index (χ3n) is 5.27. The number of nitrogens with zero attached hydrogens (tertiary/aromatic N) is 2. The first kappa shape index (κ1) is 18.4. The van der Waals surface area contributed by atoms with E-state index in [1.165, 1.54) is 11.1 Å². The molecular weight excluding hydrogens is 282 g/mol. The number of hydrogen-bond donors (Lipinski definition) is 1. The molecule has 1 aromatic rings. The molecule has 0 saturated carbocycles. The van der Waals surface area contributed by atoms with Gasteiger partial charge in [0.1, 0.15) is 0 Å². The lowest BCUT2D eigenvalue weighted by molar-refractivity contribution is 0.0871. The van der Waals surface area contributed by atoms with Gasteiger partial charge in [0.15, 0.2) is 0 Å². The Balaban J connectivity index is 2.24. The molecule has 2 rings (SSSR count). The summed E-state index contributed by atoms with van der Waals surface area (Å²) in [5, 5.41) is 3.52. The van der Waals surface area contributed by atoms with Crippen LogP contribution in [0.3, 0.4) is 0 Å². The molecule has 1 aromatic carbocycles. The van der Waals surface area contributed by atoms with Gasteiger partial charge in [0, 0.05) is 38.3 Å². The Morgan fingerprint density at radius 1 is 1.13 bits per heavy atom. The van der Waals surface area contributed by atoms with Gasteiger partial charge in [-0.05, 0) is 37.1 Å². The lowest BCUT2D eigenvalue weighted by Gasteiger charge is -2.42. The van der Waals surface area contributed by atoms with Crippen LogP contribution in [0.1, 0.15) is 57.7 Å². The highest BCUT2D eigenvalue weighted by Gasteiger charge is 2.28. The van der Waals surface area contributed by atoms with Crippen molar-refractivity contribution in [2.45, 2.75) is 52.6 Å². The molecule has 0 aromatic heterocycles. The number of likely N-dealkylation sites (N-methyl/N-ethyl adjacent to an activating group) is 1. The van der Waals surface area contributed by atoms with E-state index in [0.29, 0.717) is 18.0 Å². The minimum absolute atomic E-state index is 0.494. The molecular formula is C20H35N3. The van der Waals surface area contributed by atoms with Crippen molar-refractivity contribution in [2.24, 2.45) is 0 Å². The Morgan fingerprint density at radius 2 is 1.74 bits per heavy atom. The van der Waals surface area contributed by atoms with Crippen molar-refractivity contribution in [3.05, 3.63) is 35.4 Å². The minimum atomic E-state index is 0.494. The van der Waals surface area contributed by atoms with E-state index in [1.807, 2.05) is 0 Å². The fraction of sp³-hybridized carbons (Fsp3) is 0.700. The molecule has 0 amide bonds. The van der Waals surface area contributed by atoms with Crippen molar-refractivity contribution in [2.75, 3.05) is 39.3 Å². The number of rotatable bonds is 7. The van der Waals surface area contributed by atoms with Gasteiger partial charge in [-0.1, -0.05) is 52.0 Å². The average Bonchev–Trinajstić information content (AvgIpc) is 2.57. The maximum Gasteiger partial charge on any atom is 0.0479 e. The van der Waals surface area contributed by atoms with E-state index in [9.17, 15) is 0 Å². The summed E-state index contributed by atoms with van der Waals surface area (Å²) >= 11 is 0. The lowest BCUT2D eigenvalue weighted by Crippen LogP contribution is -2.53. The Bertz CT molecular complexity index is 450. The molecule has 1 N–H and O–H groups in total. The molecule has 0 aliphatic carbocycles. The molecule has 1 aliphatic rings. The molecule has 0 radical (unpaired) electrons. The van der Waals surface area contributed by atoms with Gasteiger partial charge in [-0.15, -0.1) is 0 Å². The van der Waals surface area contributed by atoms with Gasteiger partial charge in [0.25, 0.3) is 0 Å². The number of benzene rings is 1. The van der Waals surface area contributed by atoms with Crippen LogP contribution in [0.4, 0.5) is 0 Å². The number of piperazine rings is 1. The van der Waals surface area contributed by atoms with E-state index in [1.54, 1.807) is 0 Å². The molecule has 1 fully saturated rings. The Morgan fingerprint density at radius 3 is 2.26 bits per heavy atom. The zero-order valence-corrected chi connectivity index (χ0v) is 15.7. The molecule has 130 valence electrons. The van der Waals surface area contributed by atoms with Crippen molar-refractivity contribution in [1.29, 1.82) is 0 Å². The van der Waals surface area contributed by atoms with Gasteiger partial charge >= 0.3 is 0 Å². The lowest BCUT2D eigenvalue weighted by atomic mass is 9.96. The SMILES string of the molecule is CCN(CC)CC(c1ccc(C(C)C)cc1)N1CCNCC1C. The van der Waals surface area contributed by atoms with E-state index < -0.39 is 0 Å². The highest BCUT2D eigenvalue weighted by atomic mass is 15.3. The Kier molecular flexibility index (Phi) is 7.07. The second-order valence-electron chi connectivity index (χ2n) is 7.11. The zero-order chi connectivity index (χ0) is 16.8. The summed E-state index contributed by atoms with van der Waals surface area (Å²) in [7, 11) is 0. The van der Waals surface area contributed by atoms with E-state index in [0.717, 1.165) is 39.3 Å². The fourth-order valence-electron chi connectivity index (χ4n) is 3.55. The maximum absolute atomic E-state index is 3.52. The highest BCUT2D eigenvalue weighted by Crippen LogP contribution is 2.26. The quantitative estimate of drug-likeness (QED) is 0.830. The molecule has 0 spiro atoms. The normalized spacial score (nSPS) is 21.1. The number of nitrogens with one attached hydrogen (secondary N) is 1. The van der Waals surface area contributed by atoms with Crippen LogP contribution < -0.4 is 5.32 Å². The second-order valence-corrected chi connectivity index (χ2v) is 7.11. The molecule has 1 heterocycles. The molecule has 0 bridgehead atoms. The molecule has 1 saturated heterocycles. The summed E-state index contributed by atoms with van der Waals surface area (Å²) in [4.78, 5) is 5.25. The topological polar surface area (TPSA) is 18.5 Å². The van der Waals surface area contributed by atoms with Crippen LogP contribution >= 0.6 is 0 Å². The van der Waals surface area contributed by atoms with Crippen LogP contribution in [-0.2, 0) is 0 Å². The van der Waals surface area contributed by atoms with Gasteiger partial charge < -0.3 is 10.2 Å². The molecule has 3 heteroatoms. The van der Waals surface area contributed by atoms with Gasteiger partial charge in [-0.2, -0.15) is 0 Å². The first-order valence-electron chi connectivity index (χ1n) is 9.35.